The third kappa shape index (κ3) is 5.23. The molecule has 1 rings (SSSR count). The Morgan fingerprint density at radius 3 is 2.48 bits per heavy atom. The minimum Gasteiger partial charge on any atom is -0.373 e. The van der Waals surface area contributed by atoms with Crippen LogP contribution in [0.3, 0.4) is 0 Å². The van der Waals surface area contributed by atoms with E-state index in [9.17, 15) is 9.59 Å². The van der Waals surface area contributed by atoms with Crippen LogP contribution in [-0.2, 0) is 4.79 Å². The van der Waals surface area contributed by atoms with Gasteiger partial charge in [0.15, 0.2) is 0 Å². The van der Waals surface area contributed by atoms with Gasteiger partial charge in [0.1, 0.15) is 11.9 Å². The lowest BCUT2D eigenvalue weighted by molar-refractivity contribution is -0.124. The molecule has 7 heteroatoms. The number of carbonyl (C=O) groups excluding carboxylic acids is 2. The van der Waals surface area contributed by atoms with Crippen LogP contribution in [0.2, 0.25) is 5.02 Å². The Hall–Kier alpha value is -1.82. The SMILES string of the molecule is CNc1cc(C(=O)NC(C)C(=O)NC(C)(C)C)c(Cl)cn1. The summed E-state index contributed by atoms with van der Waals surface area (Å²) in [5.41, 5.74) is -0.0876. The zero-order valence-electron chi connectivity index (χ0n) is 12.9. The van der Waals surface area contributed by atoms with Gasteiger partial charge in [-0.1, -0.05) is 11.6 Å². The van der Waals surface area contributed by atoms with Crippen molar-refractivity contribution in [3.05, 3.63) is 22.8 Å². The molecule has 1 atom stereocenters. The molecule has 3 N–H and O–H groups in total. The van der Waals surface area contributed by atoms with Crippen LogP contribution in [-0.4, -0.2) is 35.4 Å². The number of anilines is 1. The number of hydrogen-bond donors (Lipinski definition) is 3. The molecule has 0 saturated heterocycles. The molecule has 0 aliphatic carbocycles. The molecule has 0 fully saturated rings. The highest BCUT2D eigenvalue weighted by Gasteiger charge is 2.22. The molecule has 21 heavy (non-hydrogen) atoms. The highest BCUT2D eigenvalue weighted by atomic mass is 35.5. The van der Waals surface area contributed by atoms with Crippen LogP contribution in [0.4, 0.5) is 5.82 Å². The first-order valence-electron chi connectivity index (χ1n) is 6.60. The number of nitrogens with zero attached hydrogens (tertiary/aromatic N) is 1. The first-order chi connectivity index (χ1) is 9.64. The largest absolute Gasteiger partial charge is 0.373 e. The van der Waals surface area contributed by atoms with E-state index in [1.165, 1.54) is 12.3 Å². The van der Waals surface area contributed by atoms with E-state index in [4.69, 9.17) is 11.6 Å². The van der Waals surface area contributed by atoms with Crippen LogP contribution in [0.15, 0.2) is 12.3 Å². The highest BCUT2D eigenvalue weighted by Crippen LogP contribution is 2.17. The van der Waals surface area contributed by atoms with E-state index >= 15 is 0 Å². The highest BCUT2D eigenvalue weighted by molar-refractivity contribution is 6.33. The van der Waals surface area contributed by atoms with Crippen LogP contribution in [0, 0.1) is 0 Å². The van der Waals surface area contributed by atoms with E-state index in [-0.39, 0.29) is 22.0 Å². The fourth-order valence-corrected chi connectivity index (χ4v) is 1.76. The van der Waals surface area contributed by atoms with Crippen LogP contribution >= 0.6 is 11.6 Å². The van der Waals surface area contributed by atoms with Gasteiger partial charge in [0.25, 0.3) is 5.91 Å². The van der Waals surface area contributed by atoms with Gasteiger partial charge in [-0.25, -0.2) is 4.98 Å². The zero-order chi connectivity index (χ0) is 16.2. The number of hydrogen-bond acceptors (Lipinski definition) is 4. The van der Waals surface area contributed by atoms with Crippen molar-refractivity contribution in [3.63, 3.8) is 0 Å². The zero-order valence-corrected chi connectivity index (χ0v) is 13.6. The fourth-order valence-electron chi connectivity index (χ4n) is 1.57. The van der Waals surface area contributed by atoms with E-state index in [1.807, 2.05) is 20.8 Å². The van der Waals surface area contributed by atoms with Gasteiger partial charge in [-0.05, 0) is 33.8 Å². The molecule has 0 aliphatic rings. The summed E-state index contributed by atoms with van der Waals surface area (Å²) in [5, 5.41) is 8.48. The predicted molar refractivity (Wildman–Crippen MR) is 83.6 cm³/mol. The monoisotopic (exact) mass is 312 g/mol. The number of halogens is 1. The Morgan fingerprint density at radius 1 is 1.33 bits per heavy atom. The van der Waals surface area contributed by atoms with Crippen molar-refractivity contribution in [3.8, 4) is 0 Å². The van der Waals surface area contributed by atoms with E-state index in [0.29, 0.717) is 5.82 Å². The Labute approximate surface area is 129 Å². The maximum atomic E-state index is 12.2. The molecule has 2 amide bonds. The fraction of sp³-hybridized carbons (Fsp3) is 0.500. The Balaban J connectivity index is 2.79. The maximum absolute atomic E-state index is 12.2. The van der Waals surface area contributed by atoms with Gasteiger partial charge in [0, 0.05) is 18.8 Å². The first kappa shape index (κ1) is 17.2. The average molecular weight is 313 g/mol. The van der Waals surface area contributed by atoms with Crippen molar-refractivity contribution in [2.24, 2.45) is 0 Å². The number of rotatable bonds is 4. The topological polar surface area (TPSA) is 83.1 Å². The number of nitrogens with one attached hydrogen (secondary N) is 3. The van der Waals surface area contributed by atoms with Gasteiger partial charge in [-0.3, -0.25) is 9.59 Å². The van der Waals surface area contributed by atoms with Crippen molar-refractivity contribution in [2.45, 2.75) is 39.3 Å². The number of carbonyl (C=O) groups is 2. The summed E-state index contributed by atoms with van der Waals surface area (Å²) in [7, 11) is 1.69. The summed E-state index contributed by atoms with van der Waals surface area (Å²) in [6.07, 6.45) is 1.39. The van der Waals surface area contributed by atoms with Crippen molar-refractivity contribution in [2.75, 3.05) is 12.4 Å². The summed E-state index contributed by atoms with van der Waals surface area (Å²) in [4.78, 5) is 28.1. The van der Waals surface area contributed by atoms with Crippen LogP contribution in [0.25, 0.3) is 0 Å². The Morgan fingerprint density at radius 2 is 1.95 bits per heavy atom. The van der Waals surface area contributed by atoms with Gasteiger partial charge in [-0.15, -0.1) is 0 Å². The van der Waals surface area contributed by atoms with Crippen molar-refractivity contribution in [1.82, 2.24) is 15.6 Å². The average Bonchev–Trinajstić information content (AvgIpc) is 2.37. The second-order valence-electron chi connectivity index (χ2n) is 5.73. The molecule has 1 heterocycles. The second-order valence-corrected chi connectivity index (χ2v) is 6.14. The van der Waals surface area contributed by atoms with Gasteiger partial charge in [0.05, 0.1) is 10.6 Å². The Kier molecular flexibility index (Phi) is 5.54. The summed E-state index contributed by atoms with van der Waals surface area (Å²) in [6, 6.07) is 0.866. The van der Waals surface area contributed by atoms with E-state index in [1.54, 1.807) is 14.0 Å². The second kappa shape index (κ2) is 6.76. The van der Waals surface area contributed by atoms with Crippen molar-refractivity contribution in [1.29, 1.82) is 0 Å². The standard InChI is InChI=1S/C14H21ClN4O2/c1-8(12(20)19-14(2,3)4)18-13(21)9-6-11(16-5)17-7-10(9)15/h6-8H,1-5H3,(H,16,17)(H,18,21)(H,19,20). The molecule has 6 nitrogen and oxygen atoms in total. The quantitative estimate of drug-likeness (QED) is 0.792. The van der Waals surface area contributed by atoms with Crippen molar-refractivity contribution < 1.29 is 9.59 Å². The van der Waals surface area contributed by atoms with Gasteiger partial charge < -0.3 is 16.0 Å². The van der Waals surface area contributed by atoms with E-state index in [2.05, 4.69) is 20.9 Å². The summed E-state index contributed by atoms with van der Waals surface area (Å²) >= 11 is 5.97. The van der Waals surface area contributed by atoms with Crippen LogP contribution in [0.5, 0.6) is 0 Å². The van der Waals surface area contributed by atoms with Gasteiger partial charge in [0.2, 0.25) is 5.91 Å². The Bertz CT molecular complexity index is 540. The maximum Gasteiger partial charge on any atom is 0.253 e. The molecule has 0 bridgehead atoms. The molecule has 1 aromatic rings. The molecule has 0 aliphatic heterocycles. The van der Waals surface area contributed by atoms with Gasteiger partial charge >= 0.3 is 0 Å². The lowest BCUT2D eigenvalue weighted by Crippen LogP contribution is -2.50. The molecular weight excluding hydrogens is 292 g/mol. The first-order valence-corrected chi connectivity index (χ1v) is 6.98. The van der Waals surface area contributed by atoms with Crippen molar-refractivity contribution >= 4 is 29.2 Å². The molecule has 0 radical (unpaired) electrons. The molecule has 0 aromatic carbocycles. The molecule has 1 unspecified atom stereocenters. The molecule has 1 aromatic heterocycles. The third-order valence-corrected chi connectivity index (χ3v) is 2.90. The molecule has 116 valence electrons. The summed E-state index contributed by atoms with van der Waals surface area (Å²) in [6.45, 7) is 7.24. The lowest BCUT2D eigenvalue weighted by atomic mass is 10.1. The normalized spacial score (nSPS) is 12.5. The van der Waals surface area contributed by atoms with Crippen LogP contribution in [0.1, 0.15) is 38.1 Å². The van der Waals surface area contributed by atoms with E-state index in [0.717, 1.165) is 0 Å². The third-order valence-electron chi connectivity index (χ3n) is 2.60. The minimum absolute atomic E-state index is 0.231. The molecule has 0 spiro atoms. The minimum atomic E-state index is -0.668. The number of amides is 2. The molecular formula is C14H21ClN4O2. The van der Waals surface area contributed by atoms with Gasteiger partial charge in [-0.2, -0.15) is 0 Å². The number of aromatic nitrogens is 1. The summed E-state index contributed by atoms with van der Waals surface area (Å²) < 4.78 is 0. The number of pyridine rings is 1. The summed E-state index contributed by atoms with van der Waals surface area (Å²) in [5.74, 6) is -0.151. The van der Waals surface area contributed by atoms with E-state index < -0.39 is 11.9 Å². The smallest absolute Gasteiger partial charge is 0.253 e. The lowest BCUT2D eigenvalue weighted by Gasteiger charge is -2.23. The van der Waals surface area contributed by atoms with Crippen LogP contribution < -0.4 is 16.0 Å². The predicted octanol–water partition coefficient (Wildman–Crippen LogP) is 1.81. The molecule has 0 saturated carbocycles.